The third-order valence-electron chi connectivity index (χ3n) is 3.91. The monoisotopic (exact) mass is 356 g/mol. The lowest BCUT2D eigenvalue weighted by atomic mass is 9.98. The van der Waals surface area contributed by atoms with Crippen molar-refractivity contribution in [3.63, 3.8) is 0 Å². The van der Waals surface area contributed by atoms with Gasteiger partial charge in [0.1, 0.15) is 15.5 Å². The molecule has 2 heterocycles. The van der Waals surface area contributed by atoms with Gasteiger partial charge in [0.05, 0.1) is 31.2 Å². The van der Waals surface area contributed by atoms with Crippen molar-refractivity contribution in [3.05, 3.63) is 24.0 Å². The second-order valence-corrected chi connectivity index (χ2v) is 8.17. The smallest absolute Gasteiger partial charge is 0.223 e. The highest BCUT2D eigenvalue weighted by molar-refractivity contribution is 7.90. The molecule has 134 valence electrons. The number of carbonyl (C=O) groups excluding carboxylic acids is 1. The summed E-state index contributed by atoms with van der Waals surface area (Å²) in [5.41, 5.74) is 1.75. The second kappa shape index (κ2) is 7.89. The zero-order chi connectivity index (χ0) is 17.7. The van der Waals surface area contributed by atoms with E-state index >= 15 is 0 Å². The second-order valence-electron chi connectivity index (χ2n) is 5.91. The number of rotatable bonds is 8. The molecule has 8 nitrogen and oxygen atoms in total. The number of aryl methyl sites for hydroxylation is 1. The molecule has 1 aromatic heterocycles. The lowest BCUT2D eigenvalue weighted by Crippen LogP contribution is -2.40. The predicted octanol–water partition coefficient (Wildman–Crippen LogP) is 0.361. The molecule has 0 bridgehead atoms. The predicted molar refractivity (Wildman–Crippen MR) is 89.2 cm³/mol. The summed E-state index contributed by atoms with van der Waals surface area (Å²) >= 11 is 0. The number of fused-ring (bicyclic) bond motifs is 1. The highest BCUT2D eigenvalue weighted by Crippen LogP contribution is 2.27. The average molecular weight is 356 g/mol. The van der Waals surface area contributed by atoms with Crippen LogP contribution in [0.2, 0.25) is 0 Å². The summed E-state index contributed by atoms with van der Waals surface area (Å²) in [6.07, 6.45) is 2.79. The molecule has 0 fully saturated rings. The standard InChI is InChI=1S/C15H24N4O4S/c1-4-7-23-11-12-9-18(14(20)6-8-24(3,21)22)10-13-15(12)19(5-2)17-16-13/h4,12H,1,5-11H2,2-3H3. The van der Waals surface area contributed by atoms with Crippen molar-refractivity contribution in [2.75, 3.05) is 31.8 Å². The van der Waals surface area contributed by atoms with E-state index in [-0.39, 0.29) is 24.0 Å². The zero-order valence-electron chi connectivity index (χ0n) is 14.1. The molecule has 1 amide bonds. The first-order valence-corrected chi connectivity index (χ1v) is 9.98. The third-order valence-corrected chi connectivity index (χ3v) is 4.85. The van der Waals surface area contributed by atoms with Gasteiger partial charge in [-0.25, -0.2) is 13.1 Å². The number of carbonyl (C=O) groups is 1. The topological polar surface area (TPSA) is 94.4 Å². The summed E-state index contributed by atoms with van der Waals surface area (Å²) in [4.78, 5) is 14.0. The van der Waals surface area contributed by atoms with Crippen LogP contribution < -0.4 is 0 Å². The van der Waals surface area contributed by atoms with Crippen LogP contribution in [0.4, 0.5) is 0 Å². The molecule has 0 saturated carbocycles. The largest absolute Gasteiger partial charge is 0.377 e. The maximum absolute atomic E-state index is 12.4. The van der Waals surface area contributed by atoms with Gasteiger partial charge < -0.3 is 9.64 Å². The molecule has 0 spiro atoms. The van der Waals surface area contributed by atoms with Gasteiger partial charge in [0.25, 0.3) is 0 Å². The third kappa shape index (κ3) is 4.64. The van der Waals surface area contributed by atoms with Crippen molar-refractivity contribution in [2.24, 2.45) is 0 Å². The number of hydrogen-bond donors (Lipinski definition) is 0. The highest BCUT2D eigenvalue weighted by atomic mass is 32.2. The van der Waals surface area contributed by atoms with E-state index in [4.69, 9.17) is 4.74 Å². The first-order chi connectivity index (χ1) is 11.4. The number of ether oxygens (including phenoxy) is 1. The first-order valence-electron chi connectivity index (χ1n) is 7.92. The Labute approximate surface area is 142 Å². The summed E-state index contributed by atoms with van der Waals surface area (Å²) in [7, 11) is -3.16. The van der Waals surface area contributed by atoms with Crippen molar-refractivity contribution in [1.82, 2.24) is 19.9 Å². The van der Waals surface area contributed by atoms with E-state index in [0.717, 1.165) is 17.6 Å². The van der Waals surface area contributed by atoms with Gasteiger partial charge in [-0.2, -0.15) is 0 Å². The zero-order valence-corrected chi connectivity index (χ0v) is 15.0. The molecule has 1 aromatic rings. The van der Waals surface area contributed by atoms with E-state index in [0.29, 0.717) is 32.8 Å². The SMILES string of the molecule is C=CCOCC1CN(C(=O)CCS(C)(=O)=O)Cc2nnn(CC)c21. The van der Waals surface area contributed by atoms with Crippen LogP contribution >= 0.6 is 0 Å². The lowest BCUT2D eigenvalue weighted by Gasteiger charge is -2.32. The van der Waals surface area contributed by atoms with Crippen LogP contribution in [0.3, 0.4) is 0 Å². The van der Waals surface area contributed by atoms with Gasteiger partial charge in [-0.15, -0.1) is 11.7 Å². The van der Waals surface area contributed by atoms with E-state index in [1.807, 2.05) is 11.6 Å². The van der Waals surface area contributed by atoms with E-state index < -0.39 is 9.84 Å². The Kier molecular flexibility index (Phi) is 6.11. The van der Waals surface area contributed by atoms with Crippen molar-refractivity contribution < 1.29 is 17.9 Å². The lowest BCUT2D eigenvalue weighted by molar-refractivity contribution is -0.132. The number of hydrogen-bond acceptors (Lipinski definition) is 6. The Hall–Kier alpha value is -1.74. The number of aromatic nitrogens is 3. The van der Waals surface area contributed by atoms with E-state index in [1.54, 1.807) is 11.0 Å². The minimum absolute atomic E-state index is 0.0175. The van der Waals surface area contributed by atoms with Gasteiger partial charge in [-0.05, 0) is 6.92 Å². The summed E-state index contributed by atoms with van der Waals surface area (Å²) < 4.78 is 29.9. The molecule has 0 saturated heterocycles. The fourth-order valence-electron chi connectivity index (χ4n) is 2.79. The molecule has 9 heteroatoms. The van der Waals surface area contributed by atoms with Crippen LogP contribution in [0.1, 0.15) is 30.7 Å². The fraction of sp³-hybridized carbons (Fsp3) is 0.667. The van der Waals surface area contributed by atoms with Crippen LogP contribution in [0.25, 0.3) is 0 Å². The van der Waals surface area contributed by atoms with Crippen LogP contribution in [0.5, 0.6) is 0 Å². The van der Waals surface area contributed by atoms with Crippen molar-refractivity contribution in [3.8, 4) is 0 Å². The summed E-state index contributed by atoms with van der Waals surface area (Å²) in [5, 5.41) is 8.30. The molecule has 0 aliphatic carbocycles. The average Bonchev–Trinajstić information content (AvgIpc) is 2.95. The van der Waals surface area contributed by atoms with Gasteiger partial charge in [0.2, 0.25) is 5.91 Å². The molecule has 1 unspecified atom stereocenters. The minimum atomic E-state index is -3.16. The normalized spacial score (nSPS) is 17.6. The molecule has 0 aromatic carbocycles. The quantitative estimate of drug-likeness (QED) is 0.493. The molecule has 1 aliphatic heterocycles. The van der Waals surface area contributed by atoms with E-state index in [1.165, 1.54) is 0 Å². The molecular weight excluding hydrogens is 332 g/mol. The Morgan fingerprint density at radius 2 is 2.25 bits per heavy atom. The van der Waals surface area contributed by atoms with E-state index in [2.05, 4.69) is 16.9 Å². The van der Waals surface area contributed by atoms with E-state index in [9.17, 15) is 13.2 Å². The number of nitrogens with zero attached hydrogens (tertiary/aromatic N) is 4. The maximum atomic E-state index is 12.4. The Morgan fingerprint density at radius 3 is 2.88 bits per heavy atom. The molecule has 1 aliphatic rings. The number of amides is 1. The molecule has 2 rings (SSSR count). The summed E-state index contributed by atoms with van der Waals surface area (Å²) in [6, 6.07) is 0. The van der Waals surface area contributed by atoms with Gasteiger partial charge in [-0.3, -0.25) is 4.79 Å². The van der Waals surface area contributed by atoms with Gasteiger partial charge >= 0.3 is 0 Å². The molecular formula is C15H24N4O4S. The number of sulfone groups is 1. The maximum Gasteiger partial charge on any atom is 0.223 e. The fourth-order valence-corrected chi connectivity index (χ4v) is 3.34. The van der Waals surface area contributed by atoms with Gasteiger partial charge in [0, 0.05) is 31.7 Å². The van der Waals surface area contributed by atoms with Crippen LogP contribution in [-0.4, -0.2) is 66.0 Å². The Morgan fingerprint density at radius 1 is 1.50 bits per heavy atom. The Balaban J connectivity index is 2.13. The van der Waals surface area contributed by atoms with Crippen LogP contribution in [-0.2, 0) is 32.5 Å². The molecule has 1 atom stereocenters. The molecule has 0 radical (unpaired) electrons. The van der Waals surface area contributed by atoms with Crippen LogP contribution in [0, 0.1) is 0 Å². The van der Waals surface area contributed by atoms with Crippen molar-refractivity contribution in [1.29, 1.82) is 0 Å². The van der Waals surface area contributed by atoms with Gasteiger partial charge in [0.15, 0.2) is 0 Å². The molecule has 24 heavy (non-hydrogen) atoms. The summed E-state index contributed by atoms with van der Waals surface area (Å²) in [5.74, 6) is -0.370. The van der Waals surface area contributed by atoms with Crippen molar-refractivity contribution in [2.45, 2.75) is 32.4 Å². The van der Waals surface area contributed by atoms with Gasteiger partial charge in [-0.1, -0.05) is 11.3 Å². The molecule has 0 N–H and O–H groups in total. The Bertz CT molecular complexity index is 698. The highest BCUT2D eigenvalue weighted by Gasteiger charge is 2.32. The van der Waals surface area contributed by atoms with Crippen LogP contribution in [0.15, 0.2) is 12.7 Å². The minimum Gasteiger partial charge on any atom is -0.377 e. The summed E-state index contributed by atoms with van der Waals surface area (Å²) in [6.45, 7) is 8.00. The first kappa shape index (κ1) is 18.6. The van der Waals surface area contributed by atoms with Crippen molar-refractivity contribution >= 4 is 15.7 Å².